The highest BCUT2D eigenvalue weighted by Crippen LogP contribution is 2.31. The Bertz CT molecular complexity index is 678. The van der Waals surface area contributed by atoms with E-state index in [-0.39, 0.29) is 6.03 Å². The molecule has 3 rings (SSSR count). The molecule has 7 heteroatoms. The summed E-state index contributed by atoms with van der Waals surface area (Å²) in [5.74, 6) is 0.500. The quantitative estimate of drug-likeness (QED) is 0.912. The molecule has 22 heavy (non-hydrogen) atoms. The van der Waals surface area contributed by atoms with Crippen molar-refractivity contribution in [3.05, 3.63) is 35.5 Å². The molecule has 1 aromatic carbocycles. The van der Waals surface area contributed by atoms with Gasteiger partial charge in [0.25, 0.3) is 0 Å². The third-order valence-corrected chi connectivity index (χ3v) is 3.91. The number of halogens is 1. The molecule has 1 fully saturated rings. The smallest absolute Gasteiger partial charge is 0.324 e. The maximum Gasteiger partial charge on any atom is 0.324 e. The maximum absolute atomic E-state index is 11.9. The third kappa shape index (κ3) is 3.33. The van der Waals surface area contributed by atoms with Crippen LogP contribution in [0.25, 0.3) is 0 Å². The minimum atomic E-state index is -0.344. The summed E-state index contributed by atoms with van der Waals surface area (Å²) in [6, 6.07) is 6.96. The summed E-state index contributed by atoms with van der Waals surface area (Å²) in [6.07, 6.45) is 4.16. The number of amides is 2. The fourth-order valence-corrected chi connectivity index (χ4v) is 2.86. The molecule has 116 valence electrons. The molecular weight excluding hydrogens is 302 g/mol. The van der Waals surface area contributed by atoms with Gasteiger partial charge in [-0.05, 0) is 31.0 Å². The molecule has 1 aromatic heterocycles. The third-order valence-electron chi connectivity index (χ3n) is 3.61. The zero-order valence-corrected chi connectivity index (χ0v) is 13.1. The van der Waals surface area contributed by atoms with Crippen LogP contribution in [0.1, 0.15) is 12.8 Å². The van der Waals surface area contributed by atoms with Crippen molar-refractivity contribution in [2.75, 3.05) is 28.6 Å². The summed E-state index contributed by atoms with van der Waals surface area (Å²) in [7, 11) is 1.79. The maximum atomic E-state index is 11.9. The zero-order chi connectivity index (χ0) is 15.5. The lowest BCUT2D eigenvalue weighted by Gasteiger charge is -2.19. The molecule has 1 saturated heterocycles. The van der Waals surface area contributed by atoms with Crippen LogP contribution in [0.15, 0.2) is 30.5 Å². The summed E-state index contributed by atoms with van der Waals surface area (Å²) >= 11 is 6.33. The SMILES string of the molecule is Cn1ccc(NC(=O)Nc2ccc(N3CCCC3)c(Cl)c2)n1. The normalized spacial score (nSPS) is 14.2. The average molecular weight is 320 g/mol. The Morgan fingerprint density at radius 1 is 1.23 bits per heavy atom. The molecule has 0 saturated carbocycles. The molecule has 2 N–H and O–H groups in total. The van der Waals surface area contributed by atoms with Crippen molar-refractivity contribution in [1.29, 1.82) is 0 Å². The van der Waals surface area contributed by atoms with E-state index in [1.807, 2.05) is 12.1 Å². The highest BCUT2D eigenvalue weighted by Gasteiger charge is 2.15. The van der Waals surface area contributed by atoms with Crippen molar-refractivity contribution in [3.63, 3.8) is 0 Å². The van der Waals surface area contributed by atoms with Crippen LogP contribution in [0.5, 0.6) is 0 Å². The van der Waals surface area contributed by atoms with E-state index in [0.717, 1.165) is 18.8 Å². The van der Waals surface area contributed by atoms with E-state index < -0.39 is 0 Å². The first-order chi connectivity index (χ1) is 10.6. The molecule has 1 aliphatic heterocycles. The number of aryl methyl sites for hydroxylation is 1. The van der Waals surface area contributed by atoms with Gasteiger partial charge in [0.2, 0.25) is 0 Å². The number of rotatable bonds is 3. The van der Waals surface area contributed by atoms with E-state index in [9.17, 15) is 4.79 Å². The Morgan fingerprint density at radius 3 is 2.64 bits per heavy atom. The highest BCUT2D eigenvalue weighted by atomic mass is 35.5. The Morgan fingerprint density at radius 2 is 2.00 bits per heavy atom. The van der Waals surface area contributed by atoms with Gasteiger partial charge >= 0.3 is 6.03 Å². The van der Waals surface area contributed by atoms with Gasteiger partial charge in [-0.1, -0.05) is 11.6 Å². The summed E-state index contributed by atoms with van der Waals surface area (Å²) in [5.41, 5.74) is 1.68. The fraction of sp³-hybridized carbons (Fsp3) is 0.333. The monoisotopic (exact) mass is 319 g/mol. The number of hydrogen-bond acceptors (Lipinski definition) is 3. The molecule has 0 unspecified atom stereocenters. The van der Waals surface area contributed by atoms with E-state index in [1.54, 1.807) is 30.1 Å². The van der Waals surface area contributed by atoms with Gasteiger partial charge in [-0.2, -0.15) is 5.10 Å². The summed E-state index contributed by atoms with van der Waals surface area (Å²) in [4.78, 5) is 14.2. The first-order valence-corrected chi connectivity index (χ1v) is 7.62. The molecule has 2 heterocycles. The number of nitrogens with one attached hydrogen (secondary N) is 2. The van der Waals surface area contributed by atoms with Crippen molar-refractivity contribution in [1.82, 2.24) is 9.78 Å². The van der Waals surface area contributed by atoms with E-state index in [0.29, 0.717) is 16.5 Å². The topological polar surface area (TPSA) is 62.2 Å². The van der Waals surface area contributed by atoms with Crippen molar-refractivity contribution < 1.29 is 4.79 Å². The van der Waals surface area contributed by atoms with E-state index in [2.05, 4.69) is 20.6 Å². The van der Waals surface area contributed by atoms with E-state index >= 15 is 0 Å². The van der Waals surface area contributed by atoms with Crippen LogP contribution in [0.2, 0.25) is 5.02 Å². The molecule has 0 spiro atoms. The molecule has 0 atom stereocenters. The minimum Gasteiger partial charge on any atom is -0.370 e. The van der Waals surface area contributed by atoms with Crippen molar-refractivity contribution in [2.45, 2.75) is 12.8 Å². The number of nitrogens with zero attached hydrogens (tertiary/aromatic N) is 3. The van der Waals surface area contributed by atoms with Crippen LogP contribution in [-0.4, -0.2) is 28.9 Å². The summed E-state index contributed by atoms with van der Waals surface area (Å²) in [6.45, 7) is 2.07. The average Bonchev–Trinajstić information content (AvgIpc) is 3.11. The molecule has 2 amide bonds. The van der Waals surface area contributed by atoms with Gasteiger partial charge in [0.1, 0.15) is 0 Å². The van der Waals surface area contributed by atoms with Gasteiger partial charge in [0.15, 0.2) is 5.82 Å². The van der Waals surface area contributed by atoms with E-state index in [1.165, 1.54) is 12.8 Å². The largest absolute Gasteiger partial charge is 0.370 e. The van der Waals surface area contributed by atoms with Crippen molar-refractivity contribution in [2.24, 2.45) is 7.05 Å². The second kappa shape index (κ2) is 6.27. The lowest BCUT2D eigenvalue weighted by molar-refractivity contribution is 0.262. The molecule has 0 aliphatic carbocycles. The van der Waals surface area contributed by atoms with Crippen LogP contribution in [0, 0.1) is 0 Å². The molecule has 0 bridgehead atoms. The molecule has 0 radical (unpaired) electrons. The Balaban J connectivity index is 1.65. The zero-order valence-electron chi connectivity index (χ0n) is 12.3. The molecule has 6 nitrogen and oxygen atoms in total. The second-order valence-electron chi connectivity index (χ2n) is 5.31. The van der Waals surface area contributed by atoms with Crippen LogP contribution in [0.4, 0.5) is 22.0 Å². The number of hydrogen-bond donors (Lipinski definition) is 2. The predicted molar refractivity (Wildman–Crippen MR) is 88.7 cm³/mol. The van der Waals surface area contributed by atoms with Crippen molar-refractivity contribution in [3.8, 4) is 0 Å². The van der Waals surface area contributed by atoms with E-state index in [4.69, 9.17) is 11.6 Å². The lowest BCUT2D eigenvalue weighted by atomic mass is 10.2. The predicted octanol–water partition coefficient (Wildman–Crippen LogP) is 3.32. The molecular formula is C15H18ClN5O. The van der Waals surface area contributed by atoms with Crippen molar-refractivity contribution >= 4 is 34.8 Å². The first kappa shape index (κ1) is 14.7. The Hall–Kier alpha value is -2.21. The van der Waals surface area contributed by atoms with Gasteiger partial charge in [0, 0.05) is 38.1 Å². The standard InChI is InChI=1S/C15H18ClN5O/c1-20-9-6-14(19-20)18-15(22)17-11-4-5-13(12(16)10-11)21-7-2-3-8-21/h4-6,9-10H,2-3,7-8H2,1H3,(H2,17,18,19,22). The van der Waals surface area contributed by atoms with Gasteiger partial charge < -0.3 is 10.2 Å². The minimum absolute atomic E-state index is 0.344. The summed E-state index contributed by atoms with van der Waals surface area (Å²) in [5, 5.41) is 10.2. The highest BCUT2D eigenvalue weighted by molar-refractivity contribution is 6.33. The Labute approximate surface area is 134 Å². The Kier molecular flexibility index (Phi) is 4.20. The van der Waals surface area contributed by atoms with Gasteiger partial charge in [-0.15, -0.1) is 0 Å². The molecule has 1 aliphatic rings. The number of carbonyl (C=O) groups excluding carboxylic acids is 1. The number of anilines is 3. The summed E-state index contributed by atoms with van der Waals surface area (Å²) < 4.78 is 1.62. The van der Waals surface area contributed by atoms with Gasteiger partial charge in [0.05, 0.1) is 10.7 Å². The van der Waals surface area contributed by atoms with Gasteiger partial charge in [-0.25, -0.2) is 4.79 Å². The van der Waals surface area contributed by atoms with Crippen LogP contribution in [-0.2, 0) is 7.05 Å². The number of aromatic nitrogens is 2. The fourth-order valence-electron chi connectivity index (χ4n) is 2.56. The van der Waals surface area contributed by atoms with Gasteiger partial charge in [-0.3, -0.25) is 10.00 Å². The second-order valence-corrected chi connectivity index (χ2v) is 5.72. The molecule has 2 aromatic rings. The van der Waals surface area contributed by atoms with Crippen LogP contribution < -0.4 is 15.5 Å². The lowest BCUT2D eigenvalue weighted by Crippen LogP contribution is -2.20. The number of benzene rings is 1. The van der Waals surface area contributed by atoms with Crippen LogP contribution >= 0.6 is 11.6 Å². The number of urea groups is 1. The first-order valence-electron chi connectivity index (χ1n) is 7.24. The number of carbonyl (C=O) groups is 1. The van der Waals surface area contributed by atoms with Crippen LogP contribution in [0.3, 0.4) is 0 Å².